The minimum Gasteiger partial charge on any atom is -0.258 e. The molecule has 2 aromatic carbocycles. The lowest BCUT2D eigenvalue weighted by Gasteiger charge is -2.07. The summed E-state index contributed by atoms with van der Waals surface area (Å²) in [5.74, 6) is 0.833. The number of rotatable bonds is 2. The predicted molar refractivity (Wildman–Crippen MR) is 110 cm³/mol. The van der Waals surface area contributed by atoms with Crippen LogP contribution in [-0.4, -0.2) is 15.7 Å². The SMILES string of the molecule is CC(C)C.Cc1nc2ccccc2nc1C1=NC=C(c2ccccc2)C1. The number of hydrogen-bond donors (Lipinski definition) is 0. The highest BCUT2D eigenvalue weighted by atomic mass is 14.9. The van der Waals surface area contributed by atoms with E-state index in [9.17, 15) is 0 Å². The fourth-order valence-electron chi connectivity index (χ4n) is 2.76. The predicted octanol–water partition coefficient (Wildman–Crippen LogP) is 5.83. The summed E-state index contributed by atoms with van der Waals surface area (Å²) in [4.78, 5) is 14.0. The molecule has 0 bridgehead atoms. The van der Waals surface area contributed by atoms with Crippen molar-refractivity contribution in [3.05, 3.63) is 77.7 Å². The molecule has 0 saturated heterocycles. The van der Waals surface area contributed by atoms with E-state index in [2.05, 4.69) is 55.0 Å². The number of aliphatic imine (C=N–C) groups is 1. The highest BCUT2D eigenvalue weighted by molar-refractivity contribution is 6.09. The van der Waals surface area contributed by atoms with Crippen molar-refractivity contribution in [1.82, 2.24) is 9.97 Å². The van der Waals surface area contributed by atoms with Crippen LogP contribution in [-0.2, 0) is 0 Å². The maximum absolute atomic E-state index is 4.76. The van der Waals surface area contributed by atoms with Crippen LogP contribution in [0.15, 0.2) is 65.8 Å². The van der Waals surface area contributed by atoms with E-state index in [-0.39, 0.29) is 0 Å². The van der Waals surface area contributed by atoms with Crippen LogP contribution >= 0.6 is 0 Å². The van der Waals surface area contributed by atoms with Crippen molar-refractivity contribution >= 4 is 22.3 Å². The Balaban J connectivity index is 0.000000447. The van der Waals surface area contributed by atoms with Gasteiger partial charge in [0.15, 0.2) is 0 Å². The van der Waals surface area contributed by atoms with Crippen LogP contribution in [0.1, 0.15) is 44.1 Å². The van der Waals surface area contributed by atoms with E-state index in [0.29, 0.717) is 0 Å². The van der Waals surface area contributed by atoms with E-state index in [4.69, 9.17) is 4.98 Å². The van der Waals surface area contributed by atoms with Gasteiger partial charge in [0.2, 0.25) is 0 Å². The number of allylic oxidation sites excluding steroid dienone is 1. The van der Waals surface area contributed by atoms with Gasteiger partial charge in [0.25, 0.3) is 0 Å². The Kier molecular flexibility index (Phi) is 5.57. The Morgan fingerprint density at radius 3 is 2.04 bits per heavy atom. The molecule has 3 nitrogen and oxygen atoms in total. The van der Waals surface area contributed by atoms with Gasteiger partial charge in [0.05, 0.1) is 22.4 Å². The van der Waals surface area contributed by atoms with E-state index in [1.807, 2.05) is 43.5 Å². The van der Waals surface area contributed by atoms with E-state index in [1.54, 1.807) is 0 Å². The monoisotopic (exact) mass is 343 g/mol. The molecule has 0 N–H and O–H groups in total. The zero-order valence-corrected chi connectivity index (χ0v) is 15.9. The van der Waals surface area contributed by atoms with Crippen molar-refractivity contribution in [3.8, 4) is 0 Å². The number of para-hydroxylation sites is 2. The Bertz CT molecular complexity index is 951. The highest BCUT2D eigenvalue weighted by Crippen LogP contribution is 2.26. The van der Waals surface area contributed by atoms with E-state index in [0.717, 1.165) is 40.5 Å². The van der Waals surface area contributed by atoms with Crippen molar-refractivity contribution < 1.29 is 0 Å². The molecule has 1 aliphatic rings. The third kappa shape index (κ3) is 4.23. The maximum atomic E-state index is 4.76. The highest BCUT2D eigenvalue weighted by Gasteiger charge is 2.17. The number of benzene rings is 2. The number of hydrogen-bond acceptors (Lipinski definition) is 3. The van der Waals surface area contributed by atoms with Crippen LogP contribution in [0.3, 0.4) is 0 Å². The Morgan fingerprint density at radius 1 is 0.808 bits per heavy atom. The Labute approximate surface area is 155 Å². The molecule has 0 aliphatic carbocycles. The summed E-state index contributed by atoms with van der Waals surface area (Å²) in [5, 5.41) is 0. The van der Waals surface area contributed by atoms with E-state index < -0.39 is 0 Å². The maximum Gasteiger partial charge on any atom is 0.107 e. The second kappa shape index (κ2) is 8.05. The van der Waals surface area contributed by atoms with Crippen molar-refractivity contribution in [3.63, 3.8) is 0 Å². The number of aryl methyl sites for hydroxylation is 1. The van der Waals surface area contributed by atoms with Crippen molar-refractivity contribution in [2.45, 2.75) is 34.1 Å². The molecule has 0 amide bonds. The summed E-state index contributed by atoms with van der Waals surface area (Å²) in [6, 6.07) is 18.3. The standard InChI is InChI=1S/C19H15N3.C4H10/c1-13-19(22-17-10-6-5-9-16(17)21-13)18-11-15(12-20-18)14-7-3-2-4-8-14;1-4(2)3/h2-10,12H,11H2,1H3;4H,1-3H3. The van der Waals surface area contributed by atoms with Crippen LogP contribution in [0.5, 0.6) is 0 Å². The second-order valence-corrected chi connectivity index (χ2v) is 7.15. The van der Waals surface area contributed by atoms with Crippen molar-refractivity contribution in [1.29, 1.82) is 0 Å². The molecule has 0 unspecified atom stereocenters. The molecule has 3 heteroatoms. The van der Waals surface area contributed by atoms with Gasteiger partial charge in [0, 0.05) is 12.6 Å². The first-order valence-electron chi connectivity index (χ1n) is 9.09. The molecule has 132 valence electrons. The largest absolute Gasteiger partial charge is 0.258 e. The molecule has 0 saturated carbocycles. The van der Waals surface area contributed by atoms with E-state index in [1.165, 1.54) is 11.1 Å². The van der Waals surface area contributed by atoms with Gasteiger partial charge in [-0.1, -0.05) is 63.2 Å². The average Bonchev–Trinajstić information content (AvgIpc) is 3.11. The molecular weight excluding hydrogens is 318 g/mol. The zero-order chi connectivity index (χ0) is 18.5. The second-order valence-electron chi connectivity index (χ2n) is 7.15. The summed E-state index contributed by atoms with van der Waals surface area (Å²) in [7, 11) is 0. The smallest absolute Gasteiger partial charge is 0.107 e. The summed E-state index contributed by atoms with van der Waals surface area (Å²) in [6.45, 7) is 8.50. The first-order valence-corrected chi connectivity index (χ1v) is 9.09. The number of nitrogens with zero attached hydrogens (tertiary/aromatic N) is 3. The third-order valence-electron chi connectivity index (χ3n) is 3.90. The molecule has 4 rings (SSSR count). The molecule has 3 aromatic rings. The average molecular weight is 343 g/mol. The molecule has 26 heavy (non-hydrogen) atoms. The summed E-state index contributed by atoms with van der Waals surface area (Å²) in [5.41, 5.74) is 7.12. The molecule has 0 spiro atoms. The molecule has 0 atom stereocenters. The van der Waals surface area contributed by atoms with Gasteiger partial charge in [-0.2, -0.15) is 0 Å². The van der Waals surface area contributed by atoms with Crippen molar-refractivity contribution in [2.24, 2.45) is 10.9 Å². The molecule has 0 radical (unpaired) electrons. The summed E-state index contributed by atoms with van der Waals surface area (Å²) < 4.78 is 0. The van der Waals surface area contributed by atoms with Gasteiger partial charge in [-0.15, -0.1) is 0 Å². The van der Waals surface area contributed by atoms with Gasteiger partial charge < -0.3 is 0 Å². The van der Waals surface area contributed by atoms with E-state index >= 15 is 0 Å². The fourth-order valence-corrected chi connectivity index (χ4v) is 2.76. The minimum atomic E-state index is 0.803. The quantitative estimate of drug-likeness (QED) is 0.587. The van der Waals surface area contributed by atoms with Gasteiger partial charge in [-0.3, -0.25) is 4.99 Å². The van der Waals surface area contributed by atoms with Crippen LogP contribution in [0, 0.1) is 12.8 Å². The molecular formula is C23H25N3. The van der Waals surface area contributed by atoms with Crippen LogP contribution < -0.4 is 0 Å². The minimum absolute atomic E-state index is 0.803. The first-order chi connectivity index (χ1) is 12.5. The topological polar surface area (TPSA) is 38.1 Å². The summed E-state index contributed by atoms with van der Waals surface area (Å²) >= 11 is 0. The van der Waals surface area contributed by atoms with Gasteiger partial charge in [-0.25, -0.2) is 9.97 Å². The zero-order valence-electron chi connectivity index (χ0n) is 15.9. The Hall–Kier alpha value is -2.81. The van der Waals surface area contributed by atoms with Gasteiger partial charge >= 0.3 is 0 Å². The number of fused-ring (bicyclic) bond motifs is 1. The normalized spacial score (nSPS) is 13.3. The lowest BCUT2D eigenvalue weighted by atomic mass is 10.0. The van der Waals surface area contributed by atoms with Crippen LogP contribution in [0.4, 0.5) is 0 Å². The number of aromatic nitrogens is 2. The third-order valence-corrected chi connectivity index (χ3v) is 3.90. The van der Waals surface area contributed by atoms with Crippen LogP contribution in [0.2, 0.25) is 0 Å². The van der Waals surface area contributed by atoms with Crippen molar-refractivity contribution in [2.75, 3.05) is 0 Å². The Morgan fingerprint density at radius 2 is 1.38 bits per heavy atom. The molecule has 0 fully saturated rings. The van der Waals surface area contributed by atoms with Gasteiger partial charge in [0.1, 0.15) is 5.69 Å². The van der Waals surface area contributed by atoms with Gasteiger partial charge in [-0.05, 0) is 36.1 Å². The fraction of sp³-hybridized carbons (Fsp3) is 0.261. The molecule has 1 aromatic heterocycles. The first kappa shape index (κ1) is 18.0. The molecule has 1 aliphatic heterocycles. The molecule has 2 heterocycles. The lowest BCUT2D eigenvalue weighted by Crippen LogP contribution is -2.06. The summed E-state index contributed by atoms with van der Waals surface area (Å²) in [6.07, 6.45) is 2.75. The lowest BCUT2D eigenvalue weighted by molar-refractivity contribution is 0.737. The van der Waals surface area contributed by atoms with Crippen LogP contribution in [0.25, 0.3) is 16.6 Å².